The molecule has 0 radical (unpaired) electrons. The standard InChI is InChI=1S/C32H34ClN5O2/c1-4-40-27-12-10-26(11-13-27)37-31(39)28-14-9-25(33)18-29(28)38-30(34-35-32(37)38)20-36-16-15-23(19-36)17-22-5-7-24(8-6-22)21(2)3/h5-14,18,21,23H,4,15-17,19-20H2,1-3H3. The summed E-state index contributed by atoms with van der Waals surface area (Å²) in [6.07, 6.45) is 2.22. The van der Waals surface area contributed by atoms with Gasteiger partial charge in [0.25, 0.3) is 5.56 Å². The van der Waals surface area contributed by atoms with E-state index in [4.69, 9.17) is 16.3 Å². The monoisotopic (exact) mass is 555 g/mol. The fraction of sp³-hybridized carbons (Fsp3) is 0.344. The normalized spacial score (nSPS) is 16.0. The average molecular weight is 556 g/mol. The van der Waals surface area contributed by atoms with E-state index in [0.29, 0.717) is 46.9 Å². The molecular weight excluding hydrogens is 522 g/mol. The Balaban J connectivity index is 1.31. The third-order valence-corrected chi connectivity index (χ3v) is 8.09. The van der Waals surface area contributed by atoms with Crippen molar-refractivity contribution >= 4 is 28.3 Å². The fourth-order valence-electron chi connectivity index (χ4n) is 5.77. The Morgan fingerprint density at radius 3 is 2.52 bits per heavy atom. The van der Waals surface area contributed by atoms with Gasteiger partial charge in [-0.2, -0.15) is 0 Å². The highest BCUT2D eigenvalue weighted by atomic mass is 35.5. The first kappa shape index (κ1) is 26.5. The van der Waals surface area contributed by atoms with Gasteiger partial charge in [0.2, 0.25) is 5.78 Å². The SMILES string of the molecule is CCOc1ccc(-n2c(=O)c3ccc(Cl)cc3n3c(CN4CCC(Cc5ccc(C(C)C)cc5)C4)nnc23)cc1. The molecule has 0 amide bonds. The zero-order chi connectivity index (χ0) is 27.8. The van der Waals surface area contributed by atoms with Crippen molar-refractivity contribution in [2.24, 2.45) is 5.92 Å². The smallest absolute Gasteiger partial charge is 0.267 e. The Morgan fingerprint density at radius 1 is 1.02 bits per heavy atom. The molecular formula is C32H34ClN5O2. The molecule has 1 unspecified atom stereocenters. The lowest BCUT2D eigenvalue weighted by atomic mass is 9.96. The number of hydrogen-bond donors (Lipinski definition) is 0. The molecule has 6 rings (SSSR count). The van der Waals surface area contributed by atoms with Crippen molar-refractivity contribution in [1.82, 2.24) is 24.1 Å². The third kappa shape index (κ3) is 5.11. The Labute approximate surface area is 239 Å². The number of ether oxygens (including phenoxy) is 1. The van der Waals surface area contributed by atoms with Gasteiger partial charge in [-0.05, 0) is 91.7 Å². The van der Waals surface area contributed by atoms with E-state index in [1.807, 2.05) is 41.7 Å². The summed E-state index contributed by atoms with van der Waals surface area (Å²) in [6, 6.07) is 21.9. The number of likely N-dealkylation sites (tertiary alicyclic amines) is 1. The minimum atomic E-state index is -0.160. The highest BCUT2D eigenvalue weighted by Gasteiger charge is 2.26. The van der Waals surface area contributed by atoms with Gasteiger partial charge < -0.3 is 4.74 Å². The molecule has 0 N–H and O–H groups in total. The number of fused-ring (bicyclic) bond motifs is 3. The van der Waals surface area contributed by atoms with Crippen LogP contribution in [0.3, 0.4) is 0 Å². The maximum atomic E-state index is 13.7. The molecule has 206 valence electrons. The summed E-state index contributed by atoms with van der Waals surface area (Å²) in [4.78, 5) is 16.1. The molecule has 3 aromatic carbocycles. The lowest BCUT2D eigenvalue weighted by Crippen LogP contribution is -2.24. The average Bonchev–Trinajstić information content (AvgIpc) is 3.57. The van der Waals surface area contributed by atoms with Crippen LogP contribution in [0.5, 0.6) is 5.75 Å². The second-order valence-electron chi connectivity index (χ2n) is 11.0. The van der Waals surface area contributed by atoms with Gasteiger partial charge >= 0.3 is 0 Å². The largest absolute Gasteiger partial charge is 0.494 e. The van der Waals surface area contributed by atoms with Crippen LogP contribution in [0.4, 0.5) is 0 Å². The minimum absolute atomic E-state index is 0.160. The Kier molecular flexibility index (Phi) is 7.34. The van der Waals surface area contributed by atoms with Crippen molar-refractivity contribution in [2.75, 3.05) is 19.7 Å². The van der Waals surface area contributed by atoms with Crippen molar-refractivity contribution in [3.63, 3.8) is 0 Å². The van der Waals surface area contributed by atoms with E-state index >= 15 is 0 Å². The number of hydrogen-bond acceptors (Lipinski definition) is 5. The summed E-state index contributed by atoms with van der Waals surface area (Å²) in [5.74, 6) is 3.16. The highest BCUT2D eigenvalue weighted by Crippen LogP contribution is 2.26. The summed E-state index contributed by atoms with van der Waals surface area (Å²) >= 11 is 6.40. The number of halogens is 1. The van der Waals surface area contributed by atoms with Crippen LogP contribution >= 0.6 is 11.6 Å². The second-order valence-corrected chi connectivity index (χ2v) is 11.4. The summed E-state index contributed by atoms with van der Waals surface area (Å²) in [5.41, 5.74) is 4.04. The lowest BCUT2D eigenvalue weighted by Gasteiger charge is -2.17. The maximum Gasteiger partial charge on any atom is 0.267 e. The summed E-state index contributed by atoms with van der Waals surface area (Å²) in [5, 5.41) is 10.2. The number of aromatic nitrogens is 4. The first-order valence-electron chi connectivity index (χ1n) is 14.0. The van der Waals surface area contributed by atoms with Gasteiger partial charge in [0.1, 0.15) is 5.75 Å². The van der Waals surface area contributed by atoms with E-state index in [0.717, 1.165) is 43.0 Å². The van der Waals surface area contributed by atoms with Crippen molar-refractivity contribution in [3.8, 4) is 11.4 Å². The van der Waals surface area contributed by atoms with Gasteiger partial charge in [-0.15, -0.1) is 10.2 Å². The molecule has 1 saturated heterocycles. The van der Waals surface area contributed by atoms with Crippen LogP contribution in [-0.4, -0.2) is 43.8 Å². The molecule has 40 heavy (non-hydrogen) atoms. The highest BCUT2D eigenvalue weighted by molar-refractivity contribution is 6.31. The van der Waals surface area contributed by atoms with Crippen LogP contribution in [0.2, 0.25) is 5.02 Å². The first-order chi connectivity index (χ1) is 19.4. The lowest BCUT2D eigenvalue weighted by molar-refractivity contribution is 0.307. The predicted molar refractivity (Wildman–Crippen MR) is 160 cm³/mol. The first-order valence-corrected chi connectivity index (χ1v) is 14.4. The van der Waals surface area contributed by atoms with E-state index in [-0.39, 0.29) is 5.56 Å². The molecule has 0 aliphatic carbocycles. The molecule has 1 fully saturated rings. The zero-order valence-corrected chi connectivity index (χ0v) is 23.9. The van der Waals surface area contributed by atoms with Gasteiger partial charge in [0, 0.05) is 11.6 Å². The Hall–Kier alpha value is -3.68. The third-order valence-electron chi connectivity index (χ3n) is 7.86. The van der Waals surface area contributed by atoms with E-state index in [1.165, 1.54) is 11.1 Å². The maximum absolute atomic E-state index is 13.7. The molecule has 0 bridgehead atoms. The van der Waals surface area contributed by atoms with Gasteiger partial charge in [0.05, 0.1) is 29.7 Å². The Morgan fingerprint density at radius 2 is 1.80 bits per heavy atom. The van der Waals surface area contributed by atoms with Crippen LogP contribution < -0.4 is 10.3 Å². The molecule has 7 nitrogen and oxygen atoms in total. The van der Waals surface area contributed by atoms with Crippen molar-refractivity contribution < 1.29 is 4.74 Å². The molecule has 1 aliphatic rings. The quantitative estimate of drug-likeness (QED) is 0.226. The summed E-state index contributed by atoms with van der Waals surface area (Å²) in [7, 11) is 0. The van der Waals surface area contributed by atoms with Crippen molar-refractivity contribution in [3.05, 3.63) is 99.1 Å². The molecule has 0 spiro atoms. The van der Waals surface area contributed by atoms with Crippen LogP contribution in [-0.2, 0) is 13.0 Å². The van der Waals surface area contributed by atoms with Crippen molar-refractivity contribution in [2.45, 2.75) is 46.1 Å². The van der Waals surface area contributed by atoms with E-state index in [2.05, 4.69) is 53.2 Å². The van der Waals surface area contributed by atoms with Gasteiger partial charge in [-0.3, -0.25) is 14.1 Å². The number of rotatable bonds is 8. The second kappa shape index (κ2) is 11.1. The molecule has 8 heteroatoms. The molecule has 1 aliphatic heterocycles. The molecule has 3 heterocycles. The topological polar surface area (TPSA) is 64.7 Å². The summed E-state index contributed by atoms with van der Waals surface area (Å²) < 4.78 is 9.20. The van der Waals surface area contributed by atoms with Crippen LogP contribution in [0.15, 0.2) is 71.5 Å². The zero-order valence-electron chi connectivity index (χ0n) is 23.2. The van der Waals surface area contributed by atoms with Crippen LogP contribution in [0.1, 0.15) is 50.1 Å². The molecule has 0 saturated carbocycles. The van der Waals surface area contributed by atoms with Gasteiger partial charge in [-0.25, -0.2) is 4.57 Å². The van der Waals surface area contributed by atoms with Crippen LogP contribution in [0, 0.1) is 5.92 Å². The predicted octanol–water partition coefficient (Wildman–Crippen LogP) is 6.27. The molecule has 2 aromatic heterocycles. The number of nitrogens with zero attached hydrogens (tertiary/aromatic N) is 5. The van der Waals surface area contributed by atoms with Crippen molar-refractivity contribution in [1.29, 1.82) is 0 Å². The van der Waals surface area contributed by atoms with Gasteiger partial charge in [0.15, 0.2) is 5.82 Å². The van der Waals surface area contributed by atoms with Gasteiger partial charge in [-0.1, -0.05) is 49.7 Å². The summed E-state index contributed by atoms with van der Waals surface area (Å²) in [6.45, 7) is 9.63. The van der Waals surface area contributed by atoms with E-state index in [1.54, 1.807) is 16.7 Å². The number of benzene rings is 3. The fourth-order valence-corrected chi connectivity index (χ4v) is 5.94. The molecule has 1 atom stereocenters. The molecule has 5 aromatic rings. The Bertz CT molecular complexity index is 1710. The van der Waals surface area contributed by atoms with E-state index in [9.17, 15) is 4.79 Å². The van der Waals surface area contributed by atoms with E-state index < -0.39 is 0 Å². The minimum Gasteiger partial charge on any atom is -0.494 e. The van der Waals surface area contributed by atoms with Crippen LogP contribution in [0.25, 0.3) is 22.4 Å².